The lowest BCUT2D eigenvalue weighted by atomic mass is 10.1. The molecule has 22 heavy (non-hydrogen) atoms. The number of unbranched alkanes of at least 4 members (excludes halogenated alkanes) is 5. The highest BCUT2D eigenvalue weighted by Gasteiger charge is 2.39. The number of allylic oxidation sites excluding steroid dienone is 2. The molecular weight excluding hydrogens is 284 g/mol. The molecule has 1 fully saturated rings. The largest absolute Gasteiger partial charge is 0.388 e. The van der Waals surface area contributed by atoms with Gasteiger partial charge in [-0.25, -0.2) is 0 Å². The average Bonchev–Trinajstić information content (AvgIpc) is 2.84. The van der Waals surface area contributed by atoms with Crippen LogP contribution in [0.15, 0.2) is 12.2 Å². The van der Waals surface area contributed by atoms with Crippen LogP contribution in [0, 0.1) is 0 Å². The van der Waals surface area contributed by atoms with Crippen molar-refractivity contribution in [3.05, 3.63) is 12.2 Å². The minimum absolute atomic E-state index is 0.0642. The number of hydrogen-bond acceptors (Lipinski definition) is 5. The Hall–Kier alpha value is -0.460. The Balaban J connectivity index is 1.92. The summed E-state index contributed by atoms with van der Waals surface area (Å²) in [6.07, 6.45) is 8.97. The number of hydrogen-bond donors (Lipinski definition) is 3. The lowest BCUT2D eigenvalue weighted by Gasteiger charge is -2.20. The third-order valence-electron chi connectivity index (χ3n) is 3.91. The van der Waals surface area contributed by atoms with E-state index in [1.807, 2.05) is 0 Å². The molecule has 0 aromatic heterocycles. The highest BCUT2D eigenvalue weighted by atomic mass is 16.5. The van der Waals surface area contributed by atoms with Crippen molar-refractivity contribution < 1.29 is 24.8 Å². The molecule has 0 spiro atoms. The van der Waals surface area contributed by atoms with Crippen LogP contribution in [0.4, 0.5) is 0 Å². The highest BCUT2D eigenvalue weighted by molar-refractivity contribution is 4.87. The van der Waals surface area contributed by atoms with Crippen LogP contribution in [0.5, 0.6) is 0 Å². The van der Waals surface area contributed by atoms with Crippen LogP contribution in [0.2, 0.25) is 0 Å². The lowest BCUT2D eigenvalue weighted by Crippen LogP contribution is -2.40. The van der Waals surface area contributed by atoms with Gasteiger partial charge in [0.2, 0.25) is 0 Å². The first-order valence-corrected chi connectivity index (χ1v) is 8.55. The van der Waals surface area contributed by atoms with Crippen LogP contribution in [0.1, 0.15) is 51.9 Å². The zero-order valence-corrected chi connectivity index (χ0v) is 13.7. The number of aliphatic hydroxyl groups is 3. The van der Waals surface area contributed by atoms with E-state index in [2.05, 4.69) is 19.1 Å². The molecule has 0 aromatic carbocycles. The molecule has 0 saturated carbocycles. The van der Waals surface area contributed by atoms with Gasteiger partial charge in [-0.1, -0.05) is 38.3 Å². The van der Waals surface area contributed by atoms with E-state index in [0.29, 0.717) is 6.61 Å². The molecule has 4 atom stereocenters. The van der Waals surface area contributed by atoms with Gasteiger partial charge in [-0.05, 0) is 25.7 Å². The molecule has 0 aromatic rings. The standard InChI is InChI=1S/C17H32O5/c1-2-3-4-5-6-7-8-9-10-11-21-12-15(19)17-16(20)14(18)13-22-17/h5-6,14-20H,2-4,7-13H2,1H3/b6-5+/t14-,15+,16-,17-/m1/s1. The van der Waals surface area contributed by atoms with E-state index in [0.717, 1.165) is 25.7 Å². The first-order chi connectivity index (χ1) is 10.7. The van der Waals surface area contributed by atoms with E-state index in [-0.39, 0.29) is 13.2 Å². The maximum atomic E-state index is 9.85. The van der Waals surface area contributed by atoms with Crippen LogP contribution < -0.4 is 0 Å². The molecule has 5 nitrogen and oxygen atoms in total. The summed E-state index contributed by atoms with van der Waals surface area (Å²) in [5.41, 5.74) is 0. The fraction of sp³-hybridized carbons (Fsp3) is 0.882. The predicted molar refractivity (Wildman–Crippen MR) is 85.7 cm³/mol. The summed E-state index contributed by atoms with van der Waals surface area (Å²) in [7, 11) is 0. The van der Waals surface area contributed by atoms with Gasteiger partial charge in [0.15, 0.2) is 0 Å². The van der Waals surface area contributed by atoms with Gasteiger partial charge in [0.05, 0.1) is 13.2 Å². The van der Waals surface area contributed by atoms with Crippen molar-refractivity contribution in [1.29, 1.82) is 0 Å². The summed E-state index contributed by atoms with van der Waals surface area (Å²) in [6, 6.07) is 0. The summed E-state index contributed by atoms with van der Waals surface area (Å²) in [6.45, 7) is 2.99. The van der Waals surface area contributed by atoms with Crippen molar-refractivity contribution in [3.63, 3.8) is 0 Å². The van der Waals surface area contributed by atoms with Crippen molar-refractivity contribution in [1.82, 2.24) is 0 Å². The van der Waals surface area contributed by atoms with Gasteiger partial charge in [-0.2, -0.15) is 0 Å². The minimum Gasteiger partial charge on any atom is -0.388 e. The SMILES string of the molecule is CCCC/C=C/CCCCCOC[C@H](O)[C@H]1OC[C@@H](O)[C@H]1O. The zero-order chi connectivity index (χ0) is 16.2. The van der Waals surface area contributed by atoms with Crippen molar-refractivity contribution in [3.8, 4) is 0 Å². The number of aliphatic hydroxyl groups excluding tert-OH is 3. The third kappa shape index (κ3) is 7.70. The van der Waals surface area contributed by atoms with Crippen molar-refractivity contribution in [2.75, 3.05) is 19.8 Å². The summed E-state index contributed by atoms with van der Waals surface area (Å²) in [4.78, 5) is 0. The number of rotatable bonds is 12. The molecule has 1 aliphatic heterocycles. The second kappa shape index (κ2) is 12.0. The maximum absolute atomic E-state index is 9.85. The molecule has 0 bridgehead atoms. The molecule has 0 aliphatic carbocycles. The molecule has 130 valence electrons. The Bertz CT molecular complexity index is 295. The topological polar surface area (TPSA) is 79.2 Å². The van der Waals surface area contributed by atoms with E-state index in [4.69, 9.17) is 9.47 Å². The second-order valence-corrected chi connectivity index (χ2v) is 5.96. The third-order valence-corrected chi connectivity index (χ3v) is 3.91. The van der Waals surface area contributed by atoms with E-state index in [9.17, 15) is 15.3 Å². The van der Waals surface area contributed by atoms with Gasteiger partial charge in [0, 0.05) is 6.61 Å². The molecule has 0 amide bonds. The quantitative estimate of drug-likeness (QED) is 0.378. The van der Waals surface area contributed by atoms with Crippen molar-refractivity contribution in [2.24, 2.45) is 0 Å². The fourth-order valence-corrected chi connectivity index (χ4v) is 2.46. The molecule has 1 saturated heterocycles. The van der Waals surface area contributed by atoms with Crippen LogP contribution in [-0.4, -0.2) is 59.6 Å². The monoisotopic (exact) mass is 316 g/mol. The summed E-state index contributed by atoms with van der Waals surface area (Å²) >= 11 is 0. The van der Waals surface area contributed by atoms with Crippen molar-refractivity contribution >= 4 is 0 Å². The Labute approximate surface area is 133 Å². The fourth-order valence-electron chi connectivity index (χ4n) is 2.46. The number of ether oxygens (including phenoxy) is 2. The molecular formula is C17H32O5. The molecule has 1 rings (SSSR count). The minimum atomic E-state index is -1.03. The molecule has 0 radical (unpaired) electrons. The summed E-state index contributed by atoms with van der Waals surface area (Å²) in [5, 5.41) is 28.8. The Morgan fingerprint density at radius 1 is 1.14 bits per heavy atom. The van der Waals surface area contributed by atoms with Crippen LogP contribution >= 0.6 is 0 Å². The van der Waals surface area contributed by atoms with Gasteiger partial charge >= 0.3 is 0 Å². The van der Waals surface area contributed by atoms with E-state index >= 15 is 0 Å². The lowest BCUT2D eigenvalue weighted by molar-refractivity contribution is -0.0813. The Morgan fingerprint density at radius 3 is 2.50 bits per heavy atom. The first kappa shape index (κ1) is 19.6. The van der Waals surface area contributed by atoms with E-state index < -0.39 is 24.4 Å². The molecule has 5 heteroatoms. The summed E-state index contributed by atoms with van der Waals surface area (Å²) < 4.78 is 10.6. The molecule has 1 heterocycles. The zero-order valence-electron chi connectivity index (χ0n) is 13.7. The van der Waals surface area contributed by atoms with E-state index in [1.165, 1.54) is 19.3 Å². The van der Waals surface area contributed by atoms with Crippen LogP contribution in [0.3, 0.4) is 0 Å². The van der Waals surface area contributed by atoms with E-state index in [1.54, 1.807) is 0 Å². The first-order valence-electron chi connectivity index (χ1n) is 8.55. The van der Waals surface area contributed by atoms with Gasteiger partial charge in [0.25, 0.3) is 0 Å². The van der Waals surface area contributed by atoms with Gasteiger partial charge in [-0.3, -0.25) is 0 Å². The second-order valence-electron chi connectivity index (χ2n) is 5.96. The van der Waals surface area contributed by atoms with Crippen LogP contribution in [-0.2, 0) is 9.47 Å². The van der Waals surface area contributed by atoms with Crippen molar-refractivity contribution in [2.45, 2.75) is 76.3 Å². The highest BCUT2D eigenvalue weighted by Crippen LogP contribution is 2.17. The average molecular weight is 316 g/mol. The summed E-state index contributed by atoms with van der Waals surface area (Å²) in [5.74, 6) is 0. The Kier molecular flexibility index (Phi) is 10.7. The maximum Gasteiger partial charge on any atom is 0.114 e. The predicted octanol–water partition coefficient (Wildman–Crippen LogP) is 1.79. The smallest absolute Gasteiger partial charge is 0.114 e. The Morgan fingerprint density at radius 2 is 1.86 bits per heavy atom. The van der Waals surface area contributed by atoms with Crippen LogP contribution in [0.25, 0.3) is 0 Å². The molecule has 1 aliphatic rings. The van der Waals surface area contributed by atoms with Gasteiger partial charge in [-0.15, -0.1) is 0 Å². The van der Waals surface area contributed by atoms with Gasteiger partial charge < -0.3 is 24.8 Å². The molecule has 3 N–H and O–H groups in total. The van der Waals surface area contributed by atoms with Gasteiger partial charge in [0.1, 0.15) is 24.4 Å². The normalized spacial score (nSPS) is 26.8. The molecule has 0 unspecified atom stereocenters.